The van der Waals surface area contributed by atoms with E-state index in [2.05, 4.69) is 10.3 Å². The third kappa shape index (κ3) is 5.71. The summed E-state index contributed by atoms with van der Waals surface area (Å²) in [6.07, 6.45) is 2.37. The Balaban J connectivity index is 2.46. The molecule has 130 valence electrons. The number of nitrogens with one attached hydrogen (secondary N) is 1. The highest BCUT2D eigenvalue weighted by Crippen LogP contribution is 2.22. The first-order valence-electron chi connectivity index (χ1n) is 7.66. The van der Waals surface area contributed by atoms with Gasteiger partial charge in [0.15, 0.2) is 0 Å². The van der Waals surface area contributed by atoms with Gasteiger partial charge < -0.3 is 18.4 Å². The molecule has 1 aromatic rings. The van der Waals surface area contributed by atoms with E-state index in [9.17, 15) is 5.11 Å². The second-order valence-electron chi connectivity index (χ2n) is 5.37. The van der Waals surface area contributed by atoms with Crippen molar-refractivity contribution < 1.29 is 18.4 Å². The van der Waals surface area contributed by atoms with Gasteiger partial charge in [-0.3, -0.25) is 10.3 Å². The highest BCUT2D eigenvalue weighted by Gasteiger charge is 2.44. The van der Waals surface area contributed by atoms with Crippen molar-refractivity contribution in [3.8, 4) is 5.75 Å². The fourth-order valence-corrected chi connectivity index (χ4v) is 4.45. The number of hydrogen-bond donors (Lipinski definition) is 2. The van der Waals surface area contributed by atoms with Crippen LogP contribution in [0.5, 0.6) is 5.75 Å². The van der Waals surface area contributed by atoms with Gasteiger partial charge in [-0.05, 0) is 18.6 Å². The zero-order valence-corrected chi connectivity index (χ0v) is 15.6. The van der Waals surface area contributed by atoms with Gasteiger partial charge in [-0.25, -0.2) is 0 Å². The molecule has 0 bridgehead atoms. The summed E-state index contributed by atoms with van der Waals surface area (Å²) < 4.78 is 16.4. The zero-order chi connectivity index (χ0) is 17.3. The van der Waals surface area contributed by atoms with Crippen molar-refractivity contribution in [1.82, 2.24) is 5.32 Å². The van der Waals surface area contributed by atoms with Gasteiger partial charge in [0, 0.05) is 46.1 Å². The predicted molar refractivity (Wildman–Crippen MR) is 94.0 cm³/mol. The lowest BCUT2D eigenvalue weighted by Crippen LogP contribution is -2.50. The van der Waals surface area contributed by atoms with E-state index in [0.717, 1.165) is 5.56 Å². The van der Waals surface area contributed by atoms with E-state index in [1.807, 2.05) is 32.2 Å². The molecule has 2 N–H and O–H groups in total. The van der Waals surface area contributed by atoms with E-state index in [-0.39, 0.29) is 11.7 Å². The average Bonchev–Trinajstić information content (AvgIpc) is 2.57. The Morgan fingerprint density at radius 1 is 1.17 bits per heavy atom. The van der Waals surface area contributed by atoms with Crippen molar-refractivity contribution in [2.24, 2.45) is 4.99 Å². The van der Waals surface area contributed by atoms with E-state index < -0.39 is 8.80 Å². The van der Waals surface area contributed by atoms with Crippen LogP contribution in [-0.4, -0.2) is 54.2 Å². The summed E-state index contributed by atoms with van der Waals surface area (Å²) in [5.74, 6) is 0.296. The molecule has 0 aliphatic rings. The molecule has 0 aromatic heterocycles. The van der Waals surface area contributed by atoms with Gasteiger partial charge in [-0.1, -0.05) is 25.1 Å². The van der Waals surface area contributed by atoms with Crippen molar-refractivity contribution in [3.63, 3.8) is 0 Å². The summed E-state index contributed by atoms with van der Waals surface area (Å²) >= 11 is 0. The van der Waals surface area contributed by atoms with Crippen LogP contribution in [0.1, 0.15) is 19.4 Å². The molecule has 0 saturated carbocycles. The fraction of sp³-hybridized carbons (Fsp3) is 0.562. The van der Waals surface area contributed by atoms with Crippen molar-refractivity contribution in [2.75, 3.05) is 27.9 Å². The molecule has 2 atom stereocenters. The Morgan fingerprint density at radius 2 is 1.78 bits per heavy atom. The van der Waals surface area contributed by atoms with Crippen LogP contribution in [0.15, 0.2) is 29.3 Å². The SMILES string of the molecule is CO[Si](OC)(OC)C(C)CNC(C)/N=C/Cc1ccccc1O. The number of aliphatic imine (C=N–C) groups is 1. The van der Waals surface area contributed by atoms with E-state index in [4.69, 9.17) is 13.3 Å². The average molecular weight is 340 g/mol. The molecule has 6 nitrogen and oxygen atoms in total. The Hall–Kier alpha value is -1.25. The Kier molecular flexibility index (Phi) is 8.42. The van der Waals surface area contributed by atoms with Gasteiger partial charge in [-0.15, -0.1) is 0 Å². The van der Waals surface area contributed by atoms with Crippen LogP contribution in [0.4, 0.5) is 0 Å². The second-order valence-corrected chi connectivity index (χ2v) is 8.78. The molecule has 0 aliphatic carbocycles. The largest absolute Gasteiger partial charge is 0.508 e. The summed E-state index contributed by atoms with van der Waals surface area (Å²) in [7, 11) is 2.22. The molecule has 1 rings (SSSR count). The molecule has 0 fully saturated rings. The maximum absolute atomic E-state index is 9.71. The minimum atomic E-state index is -2.63. The molecule has 23 heavy (non-hydrogen) atoms. The molecule has 0 spiro atoms. The van der Waals surface area contributed by atoms with E-state index in [1.54, 1.807) is 33.5 Å². The first kappa shape index (κ1) is 19.8. The smallest absolute Gasteiger partial charge is 0.504 e. The van der Waals surface area contributed by atoms with Gasteiger partial charge in [0.2, 0.25) is 0 Å². The normalized spacial score (nSPS) is 15.0. The molecule has 7 heteroatoms. The molecule has 2 unspecified atom stereocenters. The predicted octanol–water partition coefficient (Wildman–Crippen LogP) is 2.21. The Bertz CT molecular complexity index is 486. The third-order valence-corrected chi connectivity index (χ3v) is 6.93. The van der Waals surface area contributed by atoms with Gasteiger partial charge in [-0.2, -0.15) is 0 Å². The summed E-state index contributed by atoms with van der Waals surface area (Å²) in [6.45, 7) is 4.69. The molecular weight excluding hydrogens is 312 g/mol. The highest BCUT2D eigenvalue weighted by molar-refractivity contribution is 6.62. The first-order valence-corrected chi connectivity index (χ1v) is 9.46. The van der Waals surface area contributed by atoms with Gasteiger partial charge in [0.05, 0.1) is 6.17 Å². The van der Waals surface area contributed by atoms with Gasteiger partial charge in [0.25, 0.3) is 0 Å². The minimum Gasteiger partial charge on any atom is -0.508 e. The Morgan fingerprint density at radius 3 is 2.35 bits per heavy atom. The summed E-state index contributed by atoms with van der Waals surface area (Å²) in [6, 6.07) is 7.27. The van der Waals surface area contributed by atoms with Crippen LogP contribution in [0.2, 0.25) is 5.54 Å². The third-order valence-electron chi connectivity index (χ3n) is 3.81. The number of nitrogens with zero attached hydrogens (tertiary/aromatic N) is 1. The van der Waals surface area contributed by atoms with E-state index >= 15 is 0 Å². The van der Waals surface area contributed by atoms with Crippen LogP contribution < -0.4 is 5.32 Å². The number of aromatic hydroxyl groups is 1. The Labute approximate surface area is 139 Å². The lowest BCUT2D eigenvalue weighted by atomic mass is 10.1. The first-order chi connectivity index (χ1) is 11.0. The molecule has 0 saturated heterocycles. The summed E-state index contributed by atoms with van der Waals surface area (Å²) in [5.41, 5.74) is 0.972. The van der Waals surface area contributed by atoms with Crippen molar-refractivity contribution in [1.29, 1.82) is 0 Å². The van der Waals surface area contributed by atoms with Crippen LogP contribution in [0, 0.1) is 0 Å². The van der Waals surface area contributed by atoms with Gasteiger partial charge in [0.1, 0.15) is 5.75 Å². The lowest BCUT2D eigenvalue weighted by Gasteiger charge is -2.30. The number of phenols is 1. The summed E-state index contributed by atoms with van der Waals surface area (Å²) in [4.78, 5) is 4.44. The highest BCUT2D eigenvalue weighted by atomic mass is 28.4. The molecule has 1 aromatic carbocycles. The number of phenolic OH excluding ortho intramolecular Hbond substituents is 1. The molecule has 0 amide bonds. The minimum absolute atomic E-state index is 0.0411. The molecule has 0 heterocycles. The van der Waals surface area contributed by atoms with Crippen molar-refractivity contribution in [2.45, 2.75) is 32.0 Å². The monoisotopic (exact) mass is 340 g/mol. The van der Waals surface area contributed by atoms with Crippen LogP contribution in [0.3, 0.4) is 0 Å². The number of hydrogen-bond acceptors (Lipinski definition) is 6. The van der Waals surface area contributed by atoms with E-state index in [0.29, 0.717) is 18.7 Å². The molecule has 0 aliphatic heterocycles. The van der Waals surface area contributed by atoms with E-state index in [1.165, 1.54) is 0 Å². The zero-order valence-electron chi connectivity index (χ0n) is 14.6. The second kappa shape index (κ2) is 9.79. The topological polar surface area (TPSA) is 72.3 Å². The standard InChI is InChI=1S/C16H28N2O4Si/c1-13(23(20-3,21-4)22-5)12-18-14(2)17-11-10-15-8-6-7-9-16(15)19/h6-9,11,13-14,18-19H,10,12H2,1-5H3/b17-11+. The fourth-order valence-electron chi connectivity index (χ4n) is 2.37. The summed E-state index contributed by atoms with van der Waals surface area (Å²) in [5, 5.41) is 13.0. The molecule has 0 radical (unpaired) electrons. The number of para-hydroxylation sites is 1. The quantitative estimate of drug-likeness (QED) is 0.505. The van der Waals surface area contributed by atoms with Crippen molar-refractivity contribution >= 4 is 15.0 Å². The maximum Gasteiger partial charge on any atom is 0.504 e. The van der Waals surface area contributed by atoms with Crippen molar-refractivity contribution in [3.05, 3.63) is 29.8 Å². The van der Waals surface area contributed by atoms with Crippen LogP contribution in [0.25, 0.3) is 0 Å². The van der Waals surface area contributed by atoms with Crippen LogP contribution in [-0.2, 0) is 19.7 Å². The van der Waals surface area contributed by atoms with Crippen LogP contribution >= 0.6 is 0 Å². The molecular formula is C16H28N2O4Si. The lowest BCUT2D eigenvalue weighted by molar-refractivity contribution is 0.112. The number of rotatable bonds is 10. The van der Waals surface area contributed by atoms with Gasteiger partial charge >= 0.3 is 8.80 Å². The number of benzene rings is 1. The maximum atomic E-state index is 9.71.